The van der Waals surface area contributed by atoms with Gasteiger partial charge in [0.05, 0.1) is 19.4 Å². The summed E-state index contributed by atoms with van der Waals surface area (Å²) in [6.45, 7) is 15.9. The summed E-state index contributed by atoms with van der Waals surface area (Å²) in [4.78, 5) is 11.9. The van der Waals surface area contributed by atoms with Crippen LogP contribution in [0.4, 0.5) is 0 Å². The van der Waals surface area contributed by atoms with Gasteiger partial charge in [-0.3, -0.25) is 4.79 Å². The second kappa shape index (κ2) is 9.24. The highest BCUT2D eigenvalue weighted by atomic mass is 28.3. The topological polar surface area (TPSA) is 26.3 Å². The van der Waals surface area contributed by atoms with Crippen molar-refractivity contribution in [3.05, 3.63) is 35.4 Å². The van der Waals surface area contributed by atoms with Gasteiger partial charge in [-0.2, -0.15) is 0 Å². The number of benzene rings is 1. The largest absolute Gasteiger partial charge is 0.469 e. The average Bonchev–Trinajstić information content (AvgIpc) is 2.53. The number of carbonyl (C=O) groups is 1. The summed E-state index contributed by atoms with van der Waals surface area (Å²) in [5, 5.41) is 0. The molecule has 0 radical (unpaired) electrons. The van der Waals surface area contributed by atoms with E-state index in [1.165, 1.54) is 12.7 Å². The lowest BCUT2D eigenvalue weighted by Gasteiger charge is -2.38. The molecule has 0 aliphatic carbocycles. The van der Waals surface area contributed by atoms with Gasteiger partial charge >= 0.3 is 5.97 Å². The summed E-state index contributed by atoms with van der Waals surface area (Å²) >= 11 is 0. The molecule has 0 N–H and O–H groups in total. The Morgan fingerprint density at radius 2 is 1.48 bits per heavy atom. The van der Waals surface area contributed by atoms with E-state index < -0.39 is 8.07 Å². The third-order valence-electron chi connectivity index (χ3n) is 5.41. The van der Waals surface area contributed by atoms with Crippen LogP contribution in [0.25, 0.3) is 0 Å². The summed E-state index contributed by atoms with van der Waals surface area (Å²) < 4.78 is 4.90. The molecule has 0 aromatic heterocycles. The molecule has 0 heterocycles. The van der Waals surface area contributed by atoms with Gasteiger partial charge in [0.2, 0.25) is 0 Å². The van der Waals surface area contributed by atoms with Crippen LogP contribution in [0.1, 0.15) is 65.0 Å². The molecule has 0 amide bonds. The average molecular weight is 359 g/mol. The molecule has 0 aliphatic heterocycles. The van der Waals surface area contributed by atoms with Gasteiger partial charge in [0.25, 0.3) is 0 Å². The molecule has 138 valence electrons. The molecule has 0 aliphatic rings. The number of hydrogen-bond acceptors (Lipinski definition) is 2. The van der Waals surface area contributed by atoms with Crippen LogP contribution in [0.2, 0.25) is 16.6 Å². The first-order valence-corrected chi connectivity index (χ1v) is 11.5. The molecule has 1 aromatic carbocycles. The minimum atomic E-state index is -1.81. The van der Waals surface area contributed by atoms with E-state index in [-0.39, 0.29) is 11.9 Å². The number of rotatable bonds is 6. The van der Waals surface area contributed by atoms with Crippen LogP contribution in [0.5, 0.6) is 0 Å². The first kappa shape index (κ1) is 21.5. The van der Waals surface area contributed by atoms with Crippen LogP contribution in [-0.2, 0) is 9.53 Å². The summed E-state index contributed by atoms with van der Waals surface area (Å²) in [7, 11) is -0.367. The fourth-order valence-corrected chi connectivity index (χ4v) is 9.24. The first-order chi connectivity index (χ1) is 11.6. The molecule has 1 aromatic rings. The molecular weight excluding hydrogens is 324 g/mol. The minimum Gasteiger partial charge on any atom is -0.469 e. The van der Waals surface area contributed by atoms with E-state index in [2.05, 4.69) is 84.2 Å². The van der Waals surface area contributed by atoms with Crippen LogP contribution in [0.3, 0.4) is 0 Å². The zero-order valence-corrected chi connectivity index (χ0v) is 18.1. The van der Waals surface area contributed by atoms with Gasteiger partial charge in [-0.1, -0.05) is 71.4 Å². The zero-order chi connectivity index (χ0) is 19.2. The van der Waals surface area contributed by atoms with E-state index in [4.69, 9.17) is 4.74 Å². The van der Waals surface area contributed by atoms with Crippen molar-refractivity contribution in [3.63, 3.8) is 0 Å². The molecule has 25 heavy (non-hydrogen) atoms. The molecule has 0 fully saturated rings. The summed E-state index contributed by atoms with van der Waals surface area (Å²) in [6, 6.07) is 8.33. The smallest absolute Gasteiger partial charge is 0.307 e. The highest BCUT2D eigenvalue weighted by molar-refractivity contribution is 6.90. The van der Waals surface area contributed by atoms with Crippen LogP contribution < -0.4 is 0 Å². The SMILES string of the molecule is COC(=O)C[C@@H](C#C[Si](C(C)C)(C(C)C)C(C)C)c1ccc(C)cc1. The van der Waals surface area contributed by atoms with E-state index in [1.807, 2.05) is 0 Å². The summed E-state index contributed by atoms with van der Waals surface area (Å²) in [5.41, 5.74) is 7.81. The van der Waals surface area contributed by atoms with E-state index >= 15 is 0 Å². The van der Waals surface area contributed by atoms with Crippen LogP contribution in [0, 0.1) is 18.4 Å². The first-order valence-electron chi connectivity index (χ1n) is 9.31. The maximum Gasteiger partial charge on any atom is 0.307 e. The molecule has 0 saturated carbocycles. The molecule has 3 heteroatoms. The van der Waals surface area contributed by atoms with Gasteiger partial charge in [0, 0.05) is 0 Å². The standard InChI is InChI=1S/C22H34O2Si/c1-16(2)25(17(3)4,18(5)6)14-13-21(15-22(23)24-8)20-11-9-19(7)10-12-20/h9-12,16-18,21H,15H2,1-8H3/t21-/m1/s1. The lowest BCUT2D eigenvalue weighted by molar-refractivity contribution is -0.140. The van der Waals surface area contributed by atoms with Crippen molar-refractivity contribution in [2.24, 2.45) is 0 Å². The van der Waals surface area contributed by atoms with Crippen molar-refractivity contribution in [1.29, 1.82) is 0 Å². The normalized spacial score (nSPS) is 12.9. The third-order valence-corrected chi connectivity index (χ3v) is 11.7. The van der Waals surface area contributed by atoms with E-state index in [0.717, 1.165) is 5.56 Å². The Labute approximate surface area is 155 Å². The molecular formula is C22H34O2Si. The van der Waals surface area contributed by atoms with Crippen LogP contribution in [-0.4, -0.2) is 21.2 Å². The lowest BCUT2D eigenvalue weighted by Crippen LogP contribution is -2.43. The number of ether oxygens (including phenoxy) is 1. The number of aryl methyl sites for hydroxylation is 1. The molecule has 0 saturated heterocycles. The Hall–Kier alpha value is -1.53. The molecule has 2 nitrogen and oxygen atoms in total. The van der Waals surface area contributed by atoms with Crippen molar-refractivity contribution in [1.82, 2.24) is 0 Å². The molecule has 1 atom stereocenters. The van der Waals surface area contributed by atoms with E-state index in [1.54, 1.807) is 0 Å². The monoisotopic (exact) mass is 358 g/mol. The molecule has 0 unspecified atom stereocenters. The Morgan fingerprint density at radius 1 is 1.00 bits per heavy atom. The van der Waals surface area contributed by atoms with Gasteiger partial charge < -0.3 is 4.74 Å². The number of carbonyl (C=O) groups excluding carboxylic acids is 1. The van der Waals surface area contributed by atoms with Gasteiger partial charge in [0.15, 0.2) is 0 Å². The predicted molar refractivity (Wildman–Crippen MR) is 109 cm³/mol. The Bertz CT molecular complexity index is 596. The van der Waals surface area contributed by atoms with Crippen molar-refractivity contribution in [2.45, 2.75) is 77.4 Å². The highest BCUT2D eigenvalue weighted by Crippen LogP contribution is 2.41. The number of esters is 1. The van der Waals surface area contributed by atoms with Gasteiger partial charge in [-0.05, 0) is 29.1 Å². The Kier molecular flexibility index (Phi) is 7.95. The lowest BCUT2D eigenvalue weighted by atomic mass is 9.96. The Balaban J connectivity index is 3.34. The maximum atomic E-state index is 11.9. The predicted octanol–water partition coefficient (Wildman–Crippen LogP) is 5.86. The van der Waals surface area contributed by atoms with Crippen molar-refractivity contribution < 1.29 is 9.53 Å². The molecule has 0 bridgehead atoms. The van der Waals surface area contributed by atoms with E-state index in [0.29, 0.717) is 23.0 Å². The van der Waals surface area contributed by atoms with Crippen LogP contribution in [0.15, 0.2) is 24.3 Å². The second-order valence-electron chi connectivity index (χ2n) is 7.91. The molecule has 0 spiro atoms. The third kappa shape index (κ3) is 5.22. The number of hydrogen-bond donors (Lipinski definition) is 0. The zero-order valence-electron chi connectivity index (χ0n) is 17.1. The van der Waals surface area contributed by atoms with Gasteiger partial charge in [0.1, 0.15) is 8.07 Å². The quantitative estimate of drug-likeness (QED) is 0.361. The van der Waals surface area contributed by atoms with Crippen molar-refractivity contribution in [3.8, 4) is 11.5 Å². The van der Waals surface area contributed by atoms with Crippen molar-refractivity contribution in [2.75, 3.05) is 7.11 Å². The molecule has 1 rings (SSSR count). The fourth-order valence-electron chi connectivity index (χ4n) is 3.95. The van der Waals surface area contributed by atoms with Gasteiger partial charge in [-0.25, -0.2) is 0 Å². The summed E-state index contributed by atoms with van der Waals surface area (Å²) in [6.07, 6.45) is 0.311. The minimum absolute atomic E-state index is 0.101. The highest BCUT2D eigenvalue weighted by Gasteiger charge is 2.41. The maximum absolute atomic E-state index is 11.9. The van der Waals surface area contributed by atoms with Gasteiger partial charge in [-0.15, -0.1) is 11.5 Å². The van der Waals surface area contributed by atoms with Crippen molar-refractivity contribution >= 4 is 14.0 Å². The van der Waals surface area contributed by atoms with E-state index in [9.17, 15) is 4.79 Å². The Morgan fingerprint density at radius 3 is 1.88 bits per heavy atom. The second-order valence-corrected chi connectivity index (χ2v) is 13.5. The summed E-state index contributed by atoms with van der Waals surface area (Å²) in [5.74, 6) is 3.21. The number of methoxy groups -OCH3 is 1. The van der Waals surface area contributed by atoms with Crippen LogP contribution >= 0.6 is 0 Å². The fraction of sp³-hybridized carbons (Fsp3) is 0.591.